The fourth-order valence-electron chi connectivity index (χ4n) is 3.64. The summed E-state index contributed by atoms with van der Waals surface area (Å²) in [5.74, 6) is 0.303. The van der Waals surface area contributed by atoms with Gasteiger partial charge in [-0.15, -0.1) is 0 Å². The average molecular weight is 293 g/mol. The first-order valence-electron chi connectivity index (χ1n) is 8.39. The highest BCUT2D eigenvalue weighted by atomic mass is 19.1. The van der Waals surface area contributed by atoms with Crippen LogP contribution in [0.3, 0.4) is 0 Å². The quantitative estimate of drug-likeness (QED) is 0.791. The smallest absolute Gasteiger partial charge is 0.126 e. The second-order valence-corrected chi connectivity index (χ2v) is 6.82. The van der Waals surface area contributed by atoms with Crippen LogP contribution in [0.1, 0.15) is 50.5 Å². The van der Waals surface area contributed by atoms with Gasteiger partial charge in [0.2, 0.25) is 0 Å². The molecule has 1 N–H and O–H groups in total. The summed E-state index contributed by atoms with van der Waals surface area (Å²) < 4.78 is 26.7. The normalized spacial score (nSPS) is 26.6. The highest BCUT2D eigenvalue weighted by Gasteiger charge is 2.27. The van der Waals surface area contributed by atoms with Crippen molar-refractivity contribution in [1.82, 2.24) is 5.32 Å². The minimum atomic E-state index is -0.453. The molecule has 2 aliphatic rings. The molecule has 116 valence electrons. The van der Waals surface area contributed by atoms with Crippen molar-refractivity contribution >= 4 is 0 Å². The number of hydrogen-bond donors (Lipinski definition) is 1. The lowest BCUT2D eigenvalue weighted by molar-refractivity contribution is 0.296. The van der Waals surface area contributed by atoms with E-state index in [2.05, 4.69) is 5.32 Å². The van der Waals surface area contributed by atoms with E-state index in [1.807, 2.05) is 0 Å². The molecule has 1 nitrogen and oxygen atoms in total. The summed E-state index contributed by atoms with van der Waals surface area (Å²) in [4.78, 5) is 0. The van der Waals surface area contributed by atoms with E-state index >= 15 is 0 Å². The van der Waals surface area contributed by atoms with Gasteiger partial charge in [0.1, 0.15) is 11.6 Å². The van der Waals surface area contributed by atoms with Crippen LogP contribution in [-0.2, 0) is 6.42 Å². The number of nitrogens with one attached hydrogen (secondary N) is 1. The molecule has 0 heterocycles. The summed E-state index contributed by atoms with van der Waals surface area (Å²) in [5, 5.41) is 3.64. The first kappa shape index (κ1) is 15.0. The van der Waals surface area contributed by atoms with E-state index < -0.39 is 11.6 Å². The predicted molar refractivity (Wildman–Crippen MR) is 81.2 cm³/mol. The molecule has 3 rings (SSSR count). The third-order valence-electron chi connectivity index (χ3n) is 4.98. The Balaban J connectivity index is 1.65. The summed E-state index contributed by atoms with van der Waals surface area (Å²) in [6.07, 6.45) is 9.73. The Labute approximate surface area is 126 Å². The Kier molecular flexibility index (Phi) is 4.89. The van der Waals surface area contributed by atoms with Crippen molar-refractivity contribution in [2.75, 3.05) is 6.54 Å². The zero-order valence-electron chi connectivity index (χ0n) is 12.6. The van der Waals surface area contributed by atoms with E-state index in [9.17, 15) is 8.78 Å². The van der Waals surface area contributed by atoms with Crippen molar-refractivity contribution in [1.29, 1.82) is 0 Å². The Morgan fingerprint density at radius 3 is 2.19 bits per heavy atom. The SMILES string of the molecule is Fc1cc(F)cc(CC2CCCCCC2CNC2CC2)c1. The van der Waals surface area contributed by atoms with Crippen molar-refractivity contribution < 1.29 is 8.78 Å². The van der Waals surface area contributed by atoms with Gasteiger partial charge >= 0.3 is 0 Å². The van der Waals surface area contributed by atoms with Crippen LogP contribution >= 0.6 is 0 Å². The molecule has 0 amide bonds. The Morgan fingerprint density at radius 1 is 0.857 bits per heavy atom. The molecule has 3 heteroatoms. The van der Waals surface area contributed by atoms with Gasteiger partial charge in [-0.2, -0.15) is 0 Å². The zero-order chi connectivity index (χ0) is 14.7. The molecule has 2 atom stereocenters. The first-order valence-corrected chi connectivity index (χ1v) is 8.39. The van der Waals surface area contributed by atoms with Gasteiger partial charge in [-0.25, -0.2) is 8.78 Å². The lowest BCUT2D eigenvalue weighted by atomic mass is 9.83. The molecule has 0 aromatic heterocycles. The van der Waals surface area contributed by atoms with Crippen molar-refractivity contribution in [3.63, 3.8) is 0 Å². The number of halogens is 2. The van der Waals surface area contributed by atoms with Crippen LogP contribution in [0.5, 0.6) is 0 Å². The third-order valence-corrected chi connectivity index (χ3v) is 4.98. The van der Waals surface area contributed by atoms with Crippen LogP contribution in [0.25, 0.3) is 0 Å². The Hall–Kier alpha value is -0.960. The summed E-state index contributed by atoms with van der Waals surface area (Å²) in [5.41, 5.74) is 0.816. The van der Waals surface area contributed by atoms with Crippen LogP contribution in [0.4, 0.5) is 8.78 Å². The Morgan fingerprint density at radius 2 is 1.52 bits per heavy atom. The van der Waals surface area contributed by atoms with Crippen LogP contribution in [0.2, 0.25) is 0 Å². The first-order chi connectivity index (χ1) is 10.2. The standard InChI is InChI=1S/C18H25F2N/c19-16-9-13(10-17(20)11-16)8-14-4-2-1-3-5-15(14)12-21-18-6-7-18/h9-11,14-15,18,21H,1-8,12H2. The molecular formula is C18H25F2N. The van der Waals surface area contributed by atoms with E-state index in [4.69, 9.17) is 0 Å². The molecule has 21 heavy (non-hydrogen) atoms. The van der Waals surface area contributed by atoms with Gasteiger partial charge < -0.3 is 5.32 Å². The molecule has 2 aliphatic carbocycles. The molecule has 0 radical (unpaired) electrons. The number of benzene rings is 1. The van der Waals surface area contributed by atoms with Gasteiger partial charge in [-0.1, -0.05) is 19.3 Å². The van der Waals surface area contributed by atoms with Crippen LogP contribution in [0, 0.1) is 23.5 Å². The van der Waals surface area contributed by atoms with E-state index in [0.29, 0.717) is 11.8 Å². The molecule has 0 saturated heterocycles. The highest BCUT2D eigenvalue weighted by molar-refractivity contribution is 5.18. The third kappa shape index (κ3) is 4.50. The topological polar surface area (TPSA) is 12.0 Å². The highest BCUT2D eigenvalue weighted by Crippen LogP contribution is 2.32. The van der Waals surface area contributed by atoms with Crippen molar-refractivity contribution in [2.24, 2.45) is 11.8 Å². The van der Waals surface area contributed by atoms with Crippen molar-refractivity contribution in [2.45, 2.75) is 57.4 Å². The molecule has 1 aromatic carbocycles. The van der Waals surface area contributed by atoms with E-state index in [1.54, 1.807) is 0 Å². The largest absolute Gasteiger partial charge is 0.314 e. The monoisotopic (exact) mass is 293 g/mol. The molecular weight excluding hydrogens is 268 g/mol. The van der Waals surface area contributed by atoms with Gasteiger partial charge in [0.15, 0.2) is 0 Å². The fourth-order valence-corrected chi connectivity index (χ4v) is 3.64. The summed E-state index contributed by atoms with van der Waals surface area (Å²) >= 11 is 0. The molecule has 0 bridgehead atoms. The average Bonchev–Trinajstić information content (AvgIpc) is 3.23. The van der Waals surface area contributed by atoms with Gasteiger partial charge in [-0.05, 0) is 68.2 Å². The molecule has 0 spiro atoms. The van der Waals surface area contributed by atoms with E-state index in [-0.39, 0.29) is 0 Å². The predicted octanol–water partition coefficient (Wildman–Crippen LogP) is 4.46. The molecule has 2 saturated carbocycles. The maximum absolute atomic E-state index is 13.4. The molecule has 2 fully saturated rings. The second kappa shape index (κ2) is 6.87. The molecule has 1 aromatic rings. The number of rotatable bonds is 5. The number of hydrogen-bond acceptors (Lipinski definition) is 1. The minimum Gasteiger partial charge on any atom is -0.314 e. The van der Waals surface area contributed by atoms with E-state index in [1.165, 1.54) is 57.1 Å². The summed E-state index contributed by atoms with van der Waals surface area (Å²) in [7, 11) is 0. The van der Waals surface area contributed by atoms with Gasteiger partial charge in [0.05, 0.1) is 0 Å². The Bertz CT molecular complexity index is 450. The van der Waals surface area contributed by atoms with Gasteiger partial charge in [-0.3, -0.25) is 0 Å². The second-order valence-electron chi connectivity index (χ2n) is 6.82. The van der Waals surface area contributed by atoms with Crippen LogP contribution in [-0.4, -0.2) is 12.6 Å². The fraction of sp³-hybridized carbons (Fsp3) is 0.667. The zero-order valence-corrected chi connectivity index (χ0v) is 12.6. The summed E-state index contributed by atoms with van der Waals surface area (Å²) in [6, 6.07) is 4.70. The van der Waals surface area contributed by atoms with Crippen molar-refractivity contribution in [3.05, 3.63) is 35.4 Å². The van der Waals surface area contributed by atoms with E-state index in [0.717, 1.165) is 30.6 Å². The molecule has 2 unspecified atom stereocenters. The van der Waals surface area contributed by atoms with Crippen LogP contribution < -0.4 is 5.32 Å². The maximum atomic E-state index is 13.4. The van der Waals surface area contributed by atoms with Crippen molar-refractivity contribution in [3.8, 4) is 0 Å². The maximum Gasteiger partial charge on any atom is 0.126 e. The van der Waals surface area contributed by atoms with Gasteiger partial charge in [0, 0.05) is 12.1 Å². The van der Waals surface area contributed by atoms with Gasteiger partial charge in [0.25, 0.3) is 0 Å². The van der Waals surface area contributed by atoms with Crippen LogP contribution in [0.15, 0.2) is 18.2 Å². The molecule has 0 aliphatic heterocycles. The summed E-state index contributed by atoms with van der Waals surface area (Å²) in [6.45, 7) is 1.08. The lowest BCUT2D eigenvalue weighted by Gasteiger charge is -2.26. The minimum absolute atomic E-state index is 0.453. The lowest BCUT2D eigenvalue weighted by Crippen LogP contribution is -2.30.